The molecule has 6 heteroatoms. The first kappa shape index (κ1) is 10.7. The van der Waals surface area contributed by atoms with Crippen LogP contribution in [-0.2, 0) is 4.79 Å². The molecular weight excluding hydrogens is 210 g/mol. The van der Waals surface area contributed by atoms with Crippen molar-refractivity contribution in [1.82, 2.24) is 9.97 Å². The van der Waals surface area contributed by atoms with Gasteiger partial charge in [0, 0.05) is 19.2 Å². The van der Waals surface area contributed by atoms with Gasteiger partial charge in [-0.25, -0.2) is 9.97 Å². The van der Waals surface area contributed by atoms with E-state index in [0.717, 1.165) is 5.82 Å². The van der Waals surface area contributed by atoms with E-state index in [9.17, 15) is 4.79 Å². The van der Waals surface area contributed by atoms with Gasteiger partial charge in [0.1, 0.15) is 12.1 Å². The Morgan fingerprint density at radius 1 is 1.62 bits per heavy atom. The molecule has 2 rings (SSSR count). The van der Waals surface area contributed by atoms with Gasteiger partial charge in [-0.15, -0.1) is 0 Å². The number of carboxylic acid groups (broad SMARTS) is 1. The zero-order valence-corrected chi connectivity index (χ0v) is 8.96. The van der Waals surface area contributed by atoms with E-state index >= 15 is 0 Å². The van der Waals surface area contributed by atoms with Gasteiger partial charge in [0.25, 0.3) is 0 Å². The van der Waals surface area contributed by atoms with Gasteiger partial charge >= 0.3 is 5.97 Å². The molecule has 0 amide bonds. The van der Waals surface area contributed by atoms with Gasteiger partial charge in [0.15, 0.2) is 0 Å². The van der Waals surface area contributed by atoms with E-state index in [1.165, 1.54) is 13.4 Å². The second kappa shape index (κ2) is 4.34. The molecule has 0 radical (unpaired) electrons. The van der Waals surface area contributed by atoms with Crippen LogP contribution in [0.1, 0.15) is 6.42 Å². The Morgan fingerprint density at radius 3 is 3.06 bits per heavy atom. The molecule has 1 aliphatic heterocycles. The average molecular weight is 223 g/mol. The topological polar surface area (TPSA) is 75.5 Å². The lowest BCUT2D eigenvalue weighted by atomic mass is 10.1. The monoisotopic (exact) mass is 223 g/mol. The highest BCUT2D eigenvalue weighted by atomic mass is 16.5. The highest BCUT2D eigenvalue weighted by molar-refractivity contribution is 5.71. The molecule has 0 aromatic carbocycles. The van der Waals surface area contributed by atoms with Crippen molar-refractivity contribution in [3.8, 4) is 5.88 Å². The fraction of sp³-hybridized carbons (Fsp3) is 0.500. The van der Waals surface area contributed by atoms with Crippen LogP contribution in [0.25, 0.3) is 0 Å². The molecule has 0 bridgehead atoms. The van der Waals surface area contributed by atoms with Gasteiger partial charge < -0.3 is 14.7 Å². The summed E-state index contributed by atoms with van der Waals surface area (Å²) in [5.41, 5.74) is 0. The van der Waals surface area contributed by atoms with Crippen molar-refractivity contribution in [2.75, 3.05) is 25.1 Å². The summed E-state index contributed by atoms with van der Waals surface area (Å²) >= 11 is 0. The molecule has 0 aliphatic carbocycles. The van der Waals surface area contributed by atoms with Crippen molar-refractivity contribution in [2.45, 2.75) is 6.42 Å². The number of anilines is 1. The number of nitrogens with zero attached hydrogens (tertiary/aromatic N) is 3. The SMILES string of the molecule is COc1cc(N2CCC(C(=O)O)C2)ncn1. The van der Waals surface area contributed by atoms with Crippen LogP contribution in [-0.4, -0.2) is 41.2 Å². The van der Waals surface area contributed by atoms with Gasteiger partial charge in [0.2, 0.25) is 5.88 Å². The maximum absolute atomic E-state index is 10.8. The van der Waals surface area contributed by atoms with Crippen LogP contribution in [0.3, 0.4) is 0 Å². The molecule has 1 aromatic rings. The Hall–Kier alpha value is -1.85. The van der Waals surface area contributed by atoms with Crippen LogP contribution in [0.15, 0.2) is 12.4 Å². The van der Waals surface area contributed by atoms with E-state index in [-0.39, 0.29) is 5.92 Å². The van der Waals surface area contributed by atoms with Gasteiger partial charge in [0.05, 0.1) is 13.0 Å². The molecule has 1 atom stereocenters. The minimum Gasteiger partial charge on any atom is -0.481 e. The lowest BCUT2D eigenvalue weighted by Crippen LogP contribution is -2.23. The second-order valence-electron chi connectivity index (χ2n) is 3.69. The average Bonchev–Trinajstić information content (AvgIpc) is 2.78. The molecule has 1 aromatic heterocycles. The first-order chi connectivity index (χ1) is 7.70. The Bertz CT molecular complexity index is 397. The molecule has 6 nitrogen and oxygen atoms in total. The van der Waals surface area contributed by atoms with Crippen molar-refractivity contribution in [1.29, 1.82) is 0 Å². The number of carboxylic acids is 1. The molecule has 1 N–H and O–H groups in total. The minimum absolute atomic E-state index is 0.305. The second-order valence-corrected chi connectivity index (χ2v) is 3.69. The van der Waals surface area contributed by atoms with E-state index in [0.29, 0.717) is 25.4 Å². The fourth-order valence-corrected chi connectivity index (χ4v) is 1.78. The predicted molar refractivity (Wildman–Crippen MR) is 56.5 cm³/mol. The lowest BCUT2D eigenvalue weighted by molar-refractivity contribution is -0.140. The Labute approximate surface area is 92.9 Å². The number of aliphatic carboxylic acids is 1. The summed E-state index contributed by atoms with van der Waals surface area (Å²) in [7, 11) is 1.54. The van der Waals surface area contributed by atoms with E-state index in [1.54, 1.807) is 6.07 Å². The third-order valence-electron chi connectivity index (χ3n) is 2.70. The number of hydrogen-bond acceptors (Lipinski definition) is 5. The number of ether oxygens (including phenoxy) is 1. The normalized spacial score (nSPS) is 19.8. The third kappa shape index (κ3) is 2.05. The number of methoxy groups -OCH3 is 1. The van der Waals surface area contributed by atoms with Gasteiger partial charge in [-0.3, -0.25) is 4.79 Å². The summed E-state index contributed by atoms with van der Waals surface area (Å²) in [6, 6.07) is 1.71. The summed E-state index contributed by atoms with van der Waals surface area (Å²) < 4.78 is 4.99. The fourth-order valence-electron chi connectivity index (χ4n) is 1.78. The Balaban J connectivity index is 2.11. The van der Waals surface area contributed by atoms with Crippen LogP contribution in [0.4, 0.5) is 5.82 Å². The maximum atomic E-state index is 10.8. The standard InChI is InChI=1S/C10H13N3O3/c1-16-9-4-8(11-6-12-9)13-3-2-7(5-13)10(14)15/h4,6-7H,2-3,5H2,1H3,(H,14,15). The van der Waals surface area contributed by atoms with Gasteiger partial charge in [-0.1, -0.05) is 0 Å². The highest BCUT2D eigenvalue weighted by Crippen LogP contribution is 2.23. The quantitative estimate of drug-likeness (QED) is 0.799. The van der Waals surface area contributed by atoms with Crippen molar-refractivity contribution < 1.29 is 14.6 Å². The van der Waals surface area contributed by atoms with Gasteiger partial charge in [-0.2, -0.15) is 0 Å². The first-order valence-corrected chi connectivity index (χ1v) is 5.04. The largest absolute Gasteiger partial charge is 0.481 e. The molecule has 1 unspecified atom stereocenters. The van der Waals surface area contributed by atoms with Crippen LogP contribution in [0.5, 0.6) is 5.88 Å². The van der Waals surface area contributed by atoms with E-state index in [2.05, 4.69) is 9.97 Å². The van der Waals surface area contributed by atoms with Crippen LogP contribution >= 0.6 is 0 Å². The van der Waals surface area contributed by atoms with Crippen molar-refractivity contribution >= 4 is 11.8 Å². The minimum atomic E-state index is -0.747. The molecule has 1 aliphatic rings. The number of carbonyl (C=O) groups is 1. The summed E-state index contributed by atoms with van der Waals surface area (Å²) in [5, 5.41) is 8.89. The Kier molecular flexibility index (Phi) is 2.89. The molecule has 0 spiro atoms. The van der Waals surface area contributed by atoms with Crippen LogP contribution < -0.4 is 9.64 Å². The molecule has 2 heterocycles. The number of aromatic nitrogens is 2. The number of rotatable bonds is 3. The molecular formula is C10H13N3O3. The van der Waals surface area contributed by atoms with Crippen LogP contribution in [0.2, 0.25) is 0 Å². The zero-order chi connectivity index (χ0) is 11.5. The molecule has 1 saturated heterocycles. The maximum Gasteiger partial charge on any atom is 0.308 e. The summed E-state index contributed by atoms with van der Waals surface area (Å²) in [4.78, 5) is 20.8. The van der Waals surface area contributed by atoms with Gasteiger partial charge in [-0.05, 0) is 6.42 Å². The molecule has 1 fully saturated rings. The summed E-state index contributed by atoms with van der Waals surface area (Å²) in [5.74, 6) is 0.156. The van der Waals surface area contributed by atoms with E-state index in [1.807, 2.05) is 4.90 Å². The van der Waals surface area contributed by atoms with E-state index < -0.39 is 5.97 Å². The third-order valence-corrected chi connectivity index (χ3v) is 2.70. The van der Waals surface area contributed by atoms with Crippen molar-refractivity contribution in [3.63, 3.8) is 0 Å². The summed E-state index contributed by atoms with van der Waals surface area (Å²) in [6.07, 6.45) is 2.07. The summed E-state index contributed by atoms with van der Waals surface area (Å²) in [6.45, 7) is 1.20. The van der Waals surface area contributed by atoms with Crippen molar-refractivity contribution in [3.05, 3.63) is 12.4 Å². The lowest BCUT2D eigenvalue weighted by Gasteiger charge is -2.16. The molecule has 16 heavy (non-hydrogen) atoms. The smallest absolute Gasteiger partial charge is 0.308 e. The Morgan fingerprint density at radius 2 is 2.44 bits per heavy atom. The predicted octanol–water partition coefficient (Wildman–Crippen LogP) is 0.396. The van der Waals surface area contributed by atoms with Crippen molar-refractivity contribution in [2.24, 2.45) is 5.92 Å². The zero-order valence-electron chi connectivity index (χ0n) is 8.96. The first-order valence-electron chi connectivity index (χ1n) is 5.04. The molecule has 0 saturated carbocycles. The highest BCUT2D eigenvalue weighted by Gasteiger charge is 2.28. The van der Waals surface area contributed by atoms with Crippen LogP contribution in [0, 0.1) is 5.92 Å². The molecule has 86 valence electrons. The van der Waals surface area contributed by atoms with E-state index in [4.69, 9.17) is 9.84 Å². The number of hydrogen-bond donors (Lipinski definition) is 1.